The number of unbranched alkanes of at least 4 members (excludes halogenated alkanes) is 17. The topological polar surface area (TPSA) is 114 Å². The maximum atomic E-state index is 10.5. The SMILES string of the molecule is O=S(=O)([O-])CCCCCCCCCCCCCCCCCCCCS(=O)(=O)[O-].[K+].[K+]. The van der Waals surface area contributed by atoms with Crippen LogP contribution < -0.4 is 103 Å². The minimum atomic E-state index is -4.03. The Morgan fingerprint density at radius 1 is 0.333 bits per heavy atom. The molecule has 0 unspecified atom stereocenters. The number of hydrogen-bond acceptors (Lipinski definition) is 6. The van der Waals surface area contributed by atoms with E-state index in [0.29, 0.717) is 12.8 Å². The molecule has 0 aromatic rings. The summed E-state index contributed by atoms with van der Waals surface area (Å²) in [6, 6.07) is 0. The third-order valence-corrected chi connectivity index (χ3v) is 6.62. The Hall–Kier alpha value is 3.09. The first-order valence-electron chi connectivity index (χ1n) is 11.1. The molecule has 0 aromatic heterocycles. The summed E-state index contributed by atoms with van der Waals surface area (Å²) in [5.41, 5.74) is 0. The average molecular weight is 519 g/mol. The zero-order valence-corrected chi connectivity index (χ0v) is 27.3. The molecule has 6 nitrogen and oxygen atoms in total. The normalized spacial score (nSPS) is 11.7. The summed E-state index contributed by atoms with van der Waals surface area (Å²) in [6.45, 7) is 0. The van der Waals surface area contributed by atoms with E-state index in [9.17, 15) is 25.9 Å². The van der Waals surface area contributed by atoms with Crippen LogP contribution in [0.5, 0.6) is 0 Å². The van der Waals surface area contributed by atoms with Crippen molar-refractivity contribution in [3.05, 3.63) is 0 Å². The van der Waals surface area contributed by atoms with Crippen LogP contribution in [0.3, 0.4) is 0 Å². The molecular weight excluding hydrogens is 479 g/mol. The van der Waals surface area contributed by atoms with Gasteiger partial charge in [0.15, 0.2) is 0 Å². The predicted molar refractivity (Wildman–Crippen MR) is 112 cm³/mol. The molecule has 0 heterocycles. The van der Waals surface area contributed by atoms with Crippen molar-refractivity contribution in [2.24, 2.45) is 0 Å². The van der Waals surface area contributed by atoms with Crippen LogP contribution in [-0.2, 0) is 20.2 Å². The van der Waals surface area contributed by atoms with E-state index in [1.54, 1.807) is 0 Å². The summed E-state index contributed by atoms with van der Waals surface area (Å²) >= 11 is 0. The molecule has 0 rings (SSSR count). The van der Waals surface area contributed by atoms with Gasteiger partial charge in [-0.2, -0.15) is 0 Å². The first kappa shape index (κ1) is 37.6. The van der Waals surface area contributed by atoms with Gasteiger partial charge in [-0.05, 0) is 12.8 Å². The second kappa shape index (κ2) is 25.2. The predicted octanol–water partition coefficient (Wildman–Crippen LogP) is -0.893. The van der Waals surface area contributed by atoms with Gasteiger partial charge in [0.1, 0.15) is 0 Å². The summed E-state index contributed by atoms with van der Waals surface area (Å²) < 4.78 is 62.8. The van der Waals surface area contributed by atoms with Crippen LogP contribution in [0.4, 0.5) is 0 Å². The molecule has 0 amide bonds. The molecule has 0 radical (unpaired) electrons. The smallest absolute Gasteiger partial charge is 0.748 e. The van der Waals surface area contributed by atoms with E-state index in [4.69, 9.17) is 0 Å². The minimum absolute atomic E-state index is 0. The summed E-state index contributed by atoms with van der Waals surface area (Å²) in [5, 5.41) is 0. The van der Waals surface area contributed by atoms with Crippen LogP contribution in [-0.4, -0.2) is 37.4 Å². The fourth-order valence-electron chi connectivity index (χ4n) is 3.39. The molecule has 0 atom stereocenters. The van der Waals surface area contributed by atoms with Crippen LogP contribution >= 0.6 is 0 Å². The van der Waals surface area contributed by atoms with E-state index in [1.165, 1.54) is 64.2 Å². The quantitative estimate of drug-likeness (QED) is 0.111. The Morgan fingerprint density at radius 3 is 0.600 bits per heavy atom. The summed E-state index contributed by atoms with van der Waals surface area (Å²) in [7, 11) is -8.06. The summed E-state index contributed by atoms with van der Waals surface area (Å²) in [6.07, 6.45) is 19.6. The zero-order valence-electron chi connectivity index (χ0n) is 19.4. The van der Waals surface area contributed by atoms with E-state index in [1.807, 2.05) is 0 Å². The molecule has 0 aliphatic heterocycles. The second-order valence-electron chi connectivity index (χ2n) is 7.89. The van der Waals surface area contributed by atoms with E-state index in [0.717, 1.165) is 38.5 Å². The molecular formula is C20H40K2O6S2. The van der Waals surface area contributed by atoms with E-state index >= 15 is 0 Å². The van der Waals surface area contributed by atoms with Crippen molar-refractivity contribution in [3.8, 4) is 0 Å². The van der Waals surface area contributed by atoms with Crippen molar-refractivity contribution in [2.45, 2.75) is 116 Å². The van der Waals surface area contributed by atoms with Gasteiger partial charge in [0.05, 0.1) is 20.2 Å². The first-order valence-corrected chi connectivity index (χ1v) is 14.2. The molecule has 0 saturated heterocycles. The van der Waals surface area contributed by atoms with E-state index < -0.39 is 20.2 Å². The van der Waals surface area contributed by atoms with Crippen LogP contribution in [0.2, 0.25) is 0 Å². The number of rotatable bonds is 21. The van der Waals surface area contributed by atoms with Crippen molar-refractivity contribution in [1.82, 2.24) is 0 Å². The van der Waals surface area contributed by atoms with Crippen LogP contribution in [0.15, 0.2) is 0 Å². The standard InChI is InChI=1S/C20H42O6S2.2K/c21-27(22,23)19-17-15-13-11-9-7-5-3-1-2-4-6-8-10-12-14-16-18-20-28(24,25)26;;/h1-20H2,(H,21,22,23)(H,24,25,26);;/q;2*+1/p-2. The number of hydrogen-bond donors (Lipinski definition) is 0. The Morgan fingerprint density at radius 2 is 0.467 bits per heavy atom. The molecule has 0 bridgehead atoms. The Bertz CT molecular complexity index is 504. The van der Waals surface area contributed by atoms with Crippen LogP contribution in [0.1, 0.15) is 116 Å². The molecule has 10 heteroatoms. The van der Waals surface area contributed by atoms with Gasteiger partial charge in [-0.3, -0.25) is 0 Å². The maximum absolute atomic E-state index is 10.5. The fourth-order valence-corrected chi connectivity index (χ4v) is 4.50. The molecule has 0 fully saturated rings. The first-order chi connectivity index (χ1) is 13.2. The van der Waals surface area contributed by atoms with E-state index in [2.05, 4.69) is 0 Å². The fraction of sp³-hybridized carbons (Fsp3) is 1.00. The van der Waals surface area contributed by atoms with Gasteiger partial charge >= 0.3 is 103 Å². The minimum Gasteiger partial charge on any atom is -0.748 e. The van der Waals surface area contributed by atoms with Crippen molar-refractivity contribution in [1.29, 1.82) is 0 Å². The van der Waals surface area contributed by atoms with Gasteiger partial charge in [0.25, 0.3) is 0 Å². The van der Waals surface area contributed by atoms with Crippen LogP contribution in [0.25, 0.3) is 0 Å². The van der Waals surface area contributed by atoms with Gasteiger partial charge in [0, 0.05) is 11.5 Å². The molecule has 0 N–H and O–H groups in total. The van der Waals surface area contributed by atoms with Crippen molar-refractivity contribution < 1.29 is 129 Å². The molecule has 170 valence electrons. The molecule has 30 heavy (non-hydrogen) atoms. The van der Waals surface area contributed by atoms with Crippen molar-refractivity contribution in [2.75, 3.05) is 11.5 Å². The molecule has 0 spiro atoms. The average Bonchev–Trinajstić information content (AvgIpc) is 2.58. The van der Waals surface area contributed by atoms with Crippen LogP contribution in [0, 0.1) is 0 Å². The maximum Gasteiger partial charge on any atom is 1.00 e. The summed E-state index contributed by atoms with van der Waals surface area (Å²) in [5.74, 6) is -0.441. The van der Waals surface area contributed by atoms with Gasteiger partial charge in [-0.1, -0.05) is 103 Å². The third-order valence-electron chi connectivity index (χ3n) is 5.04. The third kappa shape index (κ3) is 35.7. The molecule has 0 aliphatic rings. The molecule has 0 aromatic carbocycles. The largest absolute Gasteiger partial charge is 1.00 e. The molecule has 0 aliphatic carbocycles. The van der Waals surface area contributed by atoms with Crippen molar-refractivity contribution >= 4 is 20.2 Å². The Labute approximate surface area is 271 Å². The van der Waals surface area contributed by atoms with Gasteiger partial charge in [-0.25, -0.2) is 16.8 Å². The van der Waals surface area contributed by atoms with Crippen molar-refractivity contribution in [3.63, 3.8) is 0 Å². The monoisotopic (exact) mass is 518 g/mol. The Kier molecular flexibility index (Phi) is 31.6. The van der Waals surface area contributed by atoms with Gasteiger partial charge in [0.2, 0.25) is 0 Å². The Balaban J connectivity index is -0.00000364. The molecule has 0 saturated carbocycles. The van der Waals surface area contributed by atoms with E-state index in [-0.39, 0.29) is 114 Å². The zero-order chi connectivity index (χ0) is 21.1. The summed E-state index contributed by atoms with van der Waals surface area (Å²) in [4.78, 5) is 0. The second-order valence-corrected chi connectivity index (χ2v) is 10.9. The van der Waals surface area contributed by atoms with Gasteiger partial charge < -0.3 is 9.11 Å². The van der Waals surface area contributed by atoms with Gasteiger partial charge in [-0.15, -0.1) is 0 Å².